The number of nitrogens with two attached hydrogens (primary N) is 1. The molecule has 0 saturated heterocycles. The average Bonchev–Trinajstić information content (AvgIpc) is 2.63. The molecule has 0 aliphatic carbocycles. The van der Waals surface area contributed by atoms with Gasteiger partial charge in [-0.2, -0.15) is 0 Å². The molecule has 126 valence electrons. The lowest BCUT2D eigenvalue weighted by Crippen LogP contribution is -2.06. The summed E-state index contributed by atoms with van der Waals surface area (Å²) in [5, 5.41) is 3.02. The van der Waals surface area contributed by atoms with Gasteiger partial charge in [-0.15, -0.1) is 0 Å². The molecule has 0 unspecified atom stereocenters. The number of nitrogen functional groups attached to an aromatic ring is 1. The van der Waals surface area contributed by atoms with Crippen LogP contribution in [0, 0.1) is 5.82 Å². The summed E-state index contributed by atoms with van der Waals surface area (Å²) in [5.41, 5.74) is 8.04. The maximum atomic E-state index is 15.1. The molecule has 2 aromatic carbocycles. The van der Waals surface area contributed by atoms with E-state index in [1.165, 1.54) is 6.07 Å². The molecule has 3 nitrogen and oxygen atoms in total. The van der Waals surface area contributed by atoms with E-state index in [0.29, 0.717) is 16.9 Å². The van der Waals surface area contributed by atoms with Crippen LogP contribution in [0.4, 0.5) is 20.2 Å². The van der Waals surface area contributed by atoms with E-state index in [1.54, 1.807) is 67.0 Å². The van der Waals surface area contributed by atoms with Gasteiger partial charge in [0.15, 0.2) is 0 Å². The van der Waals surface area contributed by atoms with Crippen LogP contribution in [-0.4, -0.2) is 4.98 Å². The molecule has 0 saturated carbocycles. The molecule has 3 N–H and O–H groups in total. The number of anilines is 2. The Balaban J connectivity index is 2.03. The van der Waals surface area contributed by atoms with Crippen LogP contribution in [0.3, 0.4) is 0 Å². The second kappa shape index (κ2) is 7.57. The predicted molar refractivity (Wildman–Crippen MR) is 96.8 cm³/mol. The third kappa shape index (κ3) is 4.01. The fraction of sp³-hybridized carbons (Fsp3) is 0.0500. The van der Waals surface area contributed by atoms with E-state index in [-0.39, 0.29) is 17.7 Å². The second-order valence-electron chi connectivity index (χ2n) is 5.50. The molecule has 3 aromatic rings. The average molecular weight is 337 g/mol. The van der Waals surface area contributed by atoms with Gasteiger partial charge in [-0.25, -0.2) is 8.78 Å². The zero-order valence-electron chi connectivity index (χ0n) is 13.4. The summed E-state index contributed by atoms with van der Waals surface area (Å²) in [5.74, 6) is -0.953. The number of allylic oxidation sites excluding steroid dienone is 1. The van der Waals surface area contributed by atoms with Crippen molar-refractivity contribution in [2.75, 3.05) is 11.1 Å². The number of halogens is 2. The predicted octanol–water partition coefficient (Wildman–Crippen LogP) is 4.80. The van der Waals surface area contributed by atoms with Crippen molar-refractivity contribution in [3.8, 4) is 0 Å². The molecular weight excluding hydrogens is 320 g/mol. The first-order valence-electron chi connectivity index (χ1n) is 7.79. The van der Waals surface area contributed by atoms with Crippen LogP contribution in [-0.2, 0) is 6.42 Å². The molecule has 0 bridgehead atoms. The van der Waals surface area contributed by atoms with Crippen molar-refractivity contribution in [3.05, 3.63) is 95.8 Å². The molecule has 0 radical (unpaired) electrons. The van der Waals surface area contributed by atoms with Crippen LogP contribution in [0.1, 0.15) is 11.1 Å². The fourth-order valence-electron chi connectivity index (χ4n) is 2.48. The first-order chi connectivity index (χ1) is 12.1. The van der Waals surface area contributed by atoms with Crippen molar-refractivity contribution in [1.82, 2.24) is 4.98 Å². The van der Waals surface area contributed by atoms with Crippen LogP contribution >= 0.6 is 0 Å². The smallest absolute Gasteiger partial charge is 0.128 e. The number of benzene rings is 2. The maximum Gasteiger partial charge on any atom is 0.128 e. The van der Waals surface area contributed by atoms with E-state index in [1.807, 2.05) is 0 Å². The number of nitrogens with zero attached hydrogens (tertiary/aromatic N) is 1. The minimum absolute atomic E-state index is 0.177. The van der Waals surface area contributed by atoms with Crippen molar-refractivity contribution in [3.63, 3.8) is 0 Å². The Bertz CT molecular complexity index is 892. The summed E-state index contributed by atoms with van der Waals surface area (Å²) >= 11 is 0. The van der Waals surface area contributed by atoms with Gasteiger partial charge in [0.2, 0.25) is 0 Å². The van der Waals surface area contributed by atoms with E-state index < -0.39 is 11.6 Å². The van der Waals surface area contributed by atoms with Gasteiger partial charge >= 0.3 is 0 Å². The number of para-hydroxylation sites is 1. The molecule has 0 aliphatic rings. The Morgan fingerprint density at radius 2 is 1.76 bits per heavy atom. The Hall–Kier alpha value is -3.21. The molecule has 0 spiro atoms. The third-order valence-corrected chi connectivity index (χ3v) is 3.74. The van der Waals surface area contributed by atoms with E-state index in [4.69, 9.17) is 5.73 Å². The quantitative estimate of drug-likeness (QED) is 0.658. The van der Waals surface area contributed by atoms with Crippen LogP contribution in [0.15, 0.2) is 78.9 Å². The lowest BCUT2D eigenvalue weighted by atomic mass is 10.0. The number of pyridine rings is 1. The minimum Gasteiger partial charge on any atom is -0.398 e. The Morgan fingerprint density at radius 3 is 2.48 bits per heavy atom. The van der Waals surface area contributed by atoms with Crippen molar-refractivity contribution in [2.24, 2.45) is 0 Å². The van der Waals surface area contributed by atoms with E-state index in [0.717, 1.165) is 0 Å². The molecule has 25 heavy (non-hydrogen) atoms. The Morgan fingerprint density at radius 1 is 1.00 bits per heavy atom. The number of nitrogens with one attached hydrogen (secondary N) is 1. The highest BCUT2D eigenvalue weighted by molar-refractivity contribution is 5.83. The summed E-state index contributed by atoms with van der Waals surface area (Å²) in [4.78, 5) is 4.01. The van der Waals surface area contributed by atoms with E-state index in [9.17, 15) is 4.39 Å². The van der Waals surface area contributed by atoms with Gasteiger partial charge in [0.1, 0.15) is 11.6 Å². The van der Waals surface area contributed by atoms with Gasteiger partial charge in [-0.05, 0) is 29.8 Å². The van der Waals surface area contributed by atoms with Gasteiger partial charge in [0.25, 0.3) is 0 Å². The first kappa shape index (κ1) is 16.6. The van der Waals surface area contributed by atoms with Crippen molar-refractivity contribution in [1.29, 1.82) is 0 Å². The standard InChI is InChI=1S/C20H17F2N3/c21-17-9-3-1-6-14(17)12-18(22)20(16-8-2-4-10-19(16)23)25-15-7-5-11-24-13-15/h1-11,13,25H,12,23H2/b20-18-. The molecule has 1 aromatic heterocycles. The number of hydrogen-bond donors (Lipinski definition) is 2. The molecule has 5 heteroatoms. The molecule has 0 aliphatic heterocycles. The Kier molecular flexibility index (Phi) is 5.04. The van der Waals surface area contributed by atoms with Crippen LogP contribution < -0.4 is 11.1 Å². The van der Waals surface area contributed by atoms with Crippen molar-refractivity contribution in [2.45, 2.75) is 6.42 Å². The molecular formula is C20H17F2N3. The van der Waals surface area contributed by atoms with Gasteiger partial charge in [0.05, 0.1) is 17.6 Å². The van der Waals surface area contributed by atoms with Gasteiger partial charge in [-0.3, -0.25) is 4.98 Å². The second-order valence-corrected chi connectivity index (χ2v) is 5.50. The zero-order chi connectivity index (χ0) is 17.6. The fourth-order valence-corrected chi connectivity index (χ4v) is 2.48. The SMILES string of the molecule is Nc1ccccc1/C(Nc1cccnc1)=C(/F)Cc1ccccc1F. The summed E-state index contributed by atoms with van der Waals surface area (Å²) in [7, 11) is 0. The summed E-state index contributed by atoms with van der Waals surface area (Å²) in [6.45, 7) is 0. The molecule has 3 rings (SSSR count). The number of aromatic nitrogens is 1. The number of rotatable bonds is 5. The van der Waals surface area contributed by atoms with Gasteiger partial charge in [0, 0.05) is 23.9 Å². The molecule has 0 atom stereocenters. The molecule has 1 heterocycles. The largest absolute Gasteiger partial charge is 0.398 e. The molecule has 0 amide bonds. The van der Waals surface area contributed by atoms with Crippen LogP contribution in [0.25, 0.3) is 5.70 Å². The Labute approximate surface area is 144 Å². The highest BCUT2D eigenvalue weighted by Gasteiger charge is 2.15. The maximum absolute atomic E-state index is 15.1. The highest BCUT2D eigenvalue weighted by Crippen LogP contribution is 2.28. The molecule has 0 fully saturated rings. The number of hydrogen-bond acceptors (Lipinski definition) is 3. The highest BCUT2D eigenvalue weighted by atomic mass is 19.1. The first-order valence-corrected chi connectivity index (χ1v) is 7.79. The van der Waals surface area contributed by atoms with Gasteiger partial charge in [-0.1, -0.05) is 36.4 Å². The monoisotopic (exact) mass is 337 g/mol. The van der Waals surface area contributed by atoms with Gasteiger partial charge < -0.3 is 11.1 Å². The summed E-state index contributed by atoms with van der Waals surface area (Å²) in [6.07, 6.45) is 3.03. The lowest BCUT2D eigenvalue weighted by Gasteiger charge is -2.15. The lowest BCUT2D eigenvalue weighted by molar-refractivity contribution is 0.581. The van der Waals surface area contributed by atoms with Crippen LogP contribution in [0.2, 0.25) is 0 Å². The third-order valence-electron chi connectivity index (χ3n) is 3.74. The van der Waals surface area contributed by atoms with Crippen molar-refractivity contribution >= 4 is 17.1 Å². The summed E-state index contributed by atoms with van der Waals surface area (Å²) in [6, 6.07) is 16.6. The van der Waals surface area contributed by atoms with E-state index >= 15 is 4.39 Å². The zero-order valence-corrected chi connectivity index (χ0v) is 13.4. The normalized spacial score (nSPS) is 11.8. The van der Waals surface area contributed by atoms with Crippen LogP contribution in [0.5, 0.6) is 0 Å². The topological polar surface area (TPSA) is 50.9 Å². The van der Waals surface area contributed by atoms with Crippen molar-refractivity contribution < 1.29 is 8.78 Å². The minimum atomic E-state index is -0.508. The summed E-state index contributed by atoms with van der Waals surface area (Å²) < 4.78 is 28.9. The van der Waals surface area contributed by atoms with E-state index in [2.05, 4.69) is 10.3 Å².